The number of aromatic nitrogens is 2. The van der Waals surface area contributed by atoms with Gasteiger partial charge < -0.3 is 9.47 Å². The molecule has 0 radical (unpaired) electrons. The molecule has 2 amide bonds. The molecule has 9 heteroatoms. The summed E-state index contributed by atoms with van der Waals surface area (Å²) in [4.78, 5) is 36.1. The number of alkyl carbamates (subject to hydrolysis) is 1. The summed E-state index contributed by atoms with van der Waals surface area (Å²) >= 11 is 1.22. The second kappa shape index (κ2) is 8.00. The van der Waals surface area contributed by atoms with Crippen LogP contribution in [0.25, 0.3) is 15.9 Å². The minimum atomic E-state index is -0.876. The second-order valence-corrected chi connectivity index (χ2v) is 6.54. The number of aryl methyl sites for hydroxylation is 1. The van der Waals surface area contributed by atoms with Gasteiger partial charge in [0.15, 0.2) is 6.61 Å². The number of esters is 1. The number of carbonyl (C=O) groups excluding carboxylic acids is 3. The van der Waals surface area contributed by atoms with E-state index in [1.54, 1.807) is 17.7 Å². The SMILES string of the molecule is CCOC(=O)NC(=O)COC(=O)c1cc2c(C)nn(-c3ccccc3)c2s1. The van der Waals surface area contributed by atoms with E-state index in [0.717, 1.165) is 21.6 Å². The Morgan fingerprint density at radius 2 is 1.93 bits per heavy atom. The smallest absolute Gasteiger partial charge is 0.413 e. The van der Waals surface area contributed by atoms with Crippen LogP contribution >= 0.6 is 11.3 Å². The van der Waals surface area contributed by atoms with Gasteiger partial charge in [-0.05, 0) is 32.0 Å². The maximum atomic E-state index is 12.2. The van der Waals surface area contributed by atoms with Crippen LogP contribution in [0.15, 0.2) is 36.4 Å². The molecule has 0 aliphatic heterocycles. The second-order valence-electron chi connectivity index (χ2n) is 5.51. The average molecular weight is 387 g/mol. The van der Waals surface area contributed by atoms with Crippen LogP contribution in [0.2, 0.25) is 0 Å². The maximum Gasteiger partial charge on any atom is 0.413 e. The van der Waals surface area contributed by atoms with Gasteiger partial charge in [-0.2, -0.15) is 5.10 Å². The van der Waals surface area contributed by atoms with Gasteiger partial charge >= 0.3 is 12.1 Å². The van der Waals surface area contributed by atoms with E-state index >= 15 is 0 Å². The number of nitrogens with one attached hydrogen (secondary N) is 1. The third-order valence-corrected chi connectivity index (χ3v) is 4.69. The fourth-order valence-corrected chi connectivity index (χ4v) is 3.49. The highest BCUT2D eigenvalue weighted by Gasteiger charge is 2.19. The molecule has 0 saturated carbocycles. The van der Waals surface area contributed by atoms with Gasteiger partial charge in [0.25, 0.3) is 5.91 Å². The van der Waals surface area contributed by atoms with E-state index in [-0.39, 0.29) is 6.61 Å². The van der Waals surface area contributed by atoms with E-state index in [1.807, 2.05) is 42.6 Å². The summed E-state index contributed by atoms with van der Waals surface area (Å²) < 4.78 is 11.3. The number of fused-ring (bicyclic) bond motifs is 1. The van der Waals surface area contributed by atoms with Crippen molar-refractivity contribution in [2.45, 2.75) is 13.8 Å². The van der Waals surface area contributed by atoms with Crippen molar-refractivity contribution in [3.8, 4) is 5.69 Å². The topological polar surface area (TPSA) is 99.5 Å². The Hall–Kier alpha value is -3.20. The van der Waals surface area contributed by atoms with Gasteiger partial charge in [0.2, 0.25) is 0 Å². The Labute approximate surface area is 158 Å². The van der Waals surface area contributed by atoms with Gasteiger partial charge in [0.05, 0.1) is 18.0 Å². The van der Waals surface area contributed by atoms with Gasteiger partial charge in [-0.1, -0.05) is 18.2 Å². The minimum absolute atomic E-state index is 0.137. The van der Waals surface area contributed by atoms with Crippen molar-refractivity contribution >= 4 is 39.5 Å². The fourth-order valence-electron chi connectivity index (χ4n) is 2.41. The highest BCUT2D eigenvalue weighted by atomic mass is 32.1. The van der Waals surface area contributed by atoms with Crippen molar-refractivity contribution in [2.24, 2.45) is 0 Å². The molecule has 0 unspecified atom stereocenters. The summed E-state index contributed by atoms with van der Waals surface area (Å²) in [7, 11) is 0. The van der Waals surface area contributed by atoms with Crippen LogP contribution in [0, 0.1) is 6.92 Å². The number of hydrogen-bond donors (Lipinski definition) is 1. The van der Waals surface area contributed by atoms with Gasteiger partial charge in [-0.25, -0.2) is 14.3 Å². The highest BCUT2D eigenvalue weighted by Crippen LogP contribution is 2.30. The van der Waals surface area contributed by atoms with Gasteiger partial charge in [-0.15, -0.1) is 11.3 Å². The molecule has 0 aliphatic carbocycles. The lowest BCUT2D eigenvalue weighted by atomic mass is 10.3. The number of nitrogens with zero attached hydrogens (tertiary/aromatic N) is 2. The summed E-state index contributed by atoms with van der Waals surface area (Å²) in [5.74, 6) is -1.40. The van der Waals surface area contributed by atoms with Crippen molar-refractivity contribution in [2.75, 3.05) is 13.2 Å². The monoisotopic (exact) mass is 387 g/mol. The third-order valence-electron chi connectivity index (χ3n) is 3.60. The average Bonchev–Trinajstić information content (AvgIpc) is 3.21. The van der Waals surface area contributed by atoms with E-state index in [4.69, 9.17) is 4.74 Å². The summed E-state index contributed by atoms with van der Waals surface area (Å²) in [5, 5.41) is 7.30. The molecule has 0 bridgehead atoms. The Bertz CT molecular complexity index is 993. The van der Waals surface area contributed by atoms with Crippen LogP contribution in [0.5, 0.6) is 0 Å². The summed E-state index contributed by atoms with van der Waals surface area (Å²) in [6.07, 6.45) is -0.876. The fraction of sp³-hybridized carbons (Fsp3) is 0.222. The molecule has 140 valence electrons. The predicted octanol–water partition coefficient (Wildman–Crippen LogP) is 2.82. The summed E-state index contributed by atoms with van der Waals surface area (Å²) in [6, 6.07) is 11.3. The molecule has 3 rings (SSSR count). The number of thiophene rings is 1. The van der Waals surface area contributed by atoms with E-state index in [2.05, 4.69) is 9.84 Å². The normalized spacial score (nSPS) is 10.6. The molecule has 3 aromatic rings. The number of imide groups is 1. The van der Waals surface area contributed by atoms with E-state index in [0.29, 0.717) is 4.88 Å². The Kier molecular flexibility index (Phi) is 5.51. The molecule has 27 heavy (non-hydrogen) atoms. The Morgan fingerprint density at radius 1 is 1.19 bits per heavy atom. The quantitative estimate of drug-likeness (QED) is 0.676. The lowest BCUT2D eigenvalue weighted by Crippen LogP contribution is -2.34. The first-order valence-corrected chi connectivity index (χ1v) is 8.99. The maximum absolute atomic E-state index is 12.2. The van der Waals surface area contributed by atoms with Crippen molar-refractivity contribution in [3.05, 3.63) is 47.0 Å². The molecule has 0 saturated heterocycles. The molecule has 0 fully saturated rings. The van der Waals surface area contributed by atoms with Crippen LogP contribution in [-0.2, 0) is 14.3 Å². The standard InChI is InChI=1S/C18H17N3O5S/c1-3-25-18(24)19-15(22)10-26-17(23)14-9-13-11(2)20-21(16(13)27-14)12-7-5-4-6-8-12/h4-9H,3,10H2,1-2H3,(H,19,22,24). The molecule has 0 spiro atoms. The highest BCUT2D eigenvalue weighted by molar-refractivity contribution is 7.20. The number of carbonyl (C=O) groups is 3. The van der Waals surface area contributed by atoms with Crippen LogP contribution in [0.3, 0.4) is 0 Å². The van der Waals surface area contributed by atoms with Crippen LogP contribution in [0.1, 0.15) is 22.3 Å². The first kappa shape index (κ1) is 18.6. The lowest BCUT2D eigenvalue weighted by Gasteiger charge is -2.04. The van der Waals surface area contributed by atoms with Crippen LogP contribution in [0.4, 0.5) is 4.79 Å². The first-order chi connectivity index (χ1) is 13.0. The van der Waals surface area contributed by atoms with Crippen molar-refractivity contribution in [1.29, 1.82) is 0 Å². The van der Waals surface area contributed by atoms with E-state index in [1.165, 1.54) is 11.3 Å². The number of para-hydroxylation sites is 1. The van der Waals surface area contributed by atoms with Gasteiger partial charge in [0.1, 0.15) is 9.71 Å². The van der Waals surface area contributed by atoms with E-state index in [9.17, 15) is 14.4 Å². The molecular weight excluding hydrogens is 370 g/mol. The minimum Gasteiger partial charge on any atom is -0.451 e. The zero-order valence-corrected chi connectivity index (χ0v) is 15.5. The predicted molar refractivity (Wildman–Crippen MR) is 99.1 cm³/mol. The molecule has 1 N–H and O–H groups in total. The first-order valence-electron chi connectivity index (χ1n) is 8.18. The van der Waals surface area contributed by atoms with Gasteiger partial charge in [0, 0.05) is 5.39 Å². The number of rotatable bonds is 5. The molecule has 2 heterocycles. The summed E-state index contributed by atoms with van der Waals surface area (Å²) in [6.45, 7) is 3.04. The van der Waals surface area contributed by atoms with E-state index < -0.39 is 24.6 Å². The Balaban J connectivity index is 1.73. The molecule has 1 aromatic carbocycles. The molecule has 0 aliphatic rings. The number of amides is 2. The van der Waals surface area contributed by atoms with Crippen molar-refractivity contribution < 1.29 is 23.9 Å². The molecule has 0 atom stereocenters. The number of hydrogen-bond acceptors (Lipinski definition) is 7. The lowest BCUT2D eigenvalue weighted by molar-refractivity contribution is -0.123. The number of ether oxygens (including phenoxy) is 2. The summed E-state index contributed by atoms with van der Waals surface area (Å²) in [5.41, 5.74) is 1.66. The van der Waals surface area contributed by atoms with Gasteiger partial charge in [-0.3, -0.25) is 10.1 Å². The van der Waals surface area contributed by atoms with Crippen molar-refractivity contribution in [1.82, 2.24) is 15.1 Å². The molecule has 2 aromatic heterocycles. The largest absolute Gasteiger partial charge is 0.451 e. The van der Waals surface area contributed by atoms with Crippen LogP contribution in [-0.4, -0.2) is 41.0 Å². The molecular formula is C18H17N3O5S. The van der Waals surface area contributed by atoms with Crippen molar-refractivity contribution in [3.63, 3.8) is 0 Å². The number of benzene rings is 1. The zero-order valence-electron chi connectivity index (χ0n) is 14.7. The Morgan fingerprint density at radius 3 is 2.63 bits per heavy atom. The molecule has 8 nitrogen and oxygen atoms in total. The third kappa shape index (κ3) is 4.14. The zero-order chi connectivity index (χ0) is 19.4. The van der Waals surface area contributed by atoms with Crippen LogP contribution < -0.4 is 5.32 Å².